The number of rotatable bonds is 8. The van der Waals surface area contributed by atoms with E-state index in [1.165, 1.54) is 0 Å². The van der Waals surface area contributed by atoms with Gasteiger partial charge in [-0.25, -0.2) is 0 Å². The van der Waals surface area contributed by atoms with Crippen molar-refractivity contribution in [1.82, 2.24) is 0 Å². The molecule has 2 N–H and O–H groups in total. The fourth-order valence-electron chi connectivity index (χ4n) is 1.65. The smallest absolute Gasteiger partial charge is 0.189 e. The summed E-state index contributed by atoms with van der Waals surface area (Å²) < 4.78 is 19.7. The Hall–Kier alpha value is -0.730. The van der Waals surface area contributed by atoms with E-state index in [4.69, 9.17) is 25.8 Å². The lowest BCUT2D eigenvalue weighted by Crippen LogP contribution is -2.23. The number of halogens is 1. The molecule has 0 saturated carbocycles. The second kappa shape index (κ2) is 12.6. The first-order valence-corrected chi connectivity index (χ1v) is 9.01. The highest BCUT2D eigenvalue weighted by molar-refractivity contribution is 6.17. The van der Waals surface area contributed by atoms with E-state index >= 15 is 0 Å². The molecule has 2 aliphatic heterocycles. The molecule has 2 atom stereocenters. The highest BCUT2D eigenvalue weighted by atomic mass is 35.5. The van der Waals surface area contributed by atoms with Crippen molar-refractivity contribution in [2.45, 2.75) is 38.3 Å². The lowest BCUT2D eigenvalue weighted by Gasteiger charge is -2.19. The summed E-state index contributed by atoms with van der Waals surface area (Å²) in [6.07, 6.45) is 1.09. The summed E-state index contributed by atoms with van der Waals surface area (Å²) in [6.45, 7) is 7.61. The topological polar surface area (TPSA) is 84.0 Å². The largest absolute Gasteiger partial charge is 0.376 e. The molecule has 7 heteroatoms. The maximum Gasteiger partial charge on any atom is 0.189 e. The minimum atomic E-state index is -1.67. The van der Waals surface area contributed by atoms with Crippen LogP contribution in [-0.2, 0) is 24.7 Å². The maximum absolute atomic E-state index is 9.35. The van der Waals surface area contributed by atoms with E-state index < -0.39 is 5.79 Å². The Morgan fingerprint density at radius 1 is 1.04 bits per heavy atom. The SMILES string of the molecule is C(OCC1CO1)C1CO1.CCC(O)(O)c1ccccc1.CCOCCl. The maximum atomic E-state index is 9.35. The second-order valence-corrected chi connectivity index (χ2v) is 5.80. The van der Waals surface area contributed by atoms with Crippen LogP contribution in [0.4, 0.5) is 0 Å². The van der Waals surface area contributed by atoms with Gasteiger partial charge >= 0.3 is 0 Å². The van der Waals surface area contributed by atoms with Crippen LogP contribution in [0.1, 0.15) is 25.8 Å². The molecule has 2 saturated heterocycles. The van der Waals surface area contributed by atoms with Crippen LogP contribution in [0.25, 0.3) is 0 Å². The molecule has 6 nitrogen and oxygen atoms in total. The average molecular weight is 377 g/mol. The molecule has 1 aromatic rings. The lowest BCUT2D eigenvalue weighted by atomic mass is 10.0. The first kappa shape index (κ1) is 22.3. The number of ether oxygens (including phenoxy) is 4. The molecule has 2 heterocycles. The van der Waals surface area contributed by atoms with Gasteiger partial charge in [0.15, 0.2) is 5.79 Å². The molecule has 2 unspecified atom stereocenters. The Morgan fingerprint density at radius 2 is 1.56 bits per heavy atom. The van der Waals surface area contributed by atoms with Gasteiger partial charge in [0.25, 0.3) is 0 Å². The predicted molar refractivity (Wildman–Crippen MR) is 95.5 cm³/mol. The molecular weight excluding hydrogens is 348 g/mol. The molecule has 1 aromatic carbocycles. The second-order valence-electron chi connectivity index (χ2n) is 5.59. The third kappa shape index (κ3) is 11.5. The van der Waals surface area contributed by atoms with E-state index in [0.29, 0.717) is 36.9 Å². The Labute approximate surface area is 154 Å². The minimum Gasteiger partial charge on any atom is -0.376 e. The number of hydrogen-bond acceptors (Lipinski definition) is 6. The van der Waals surface area contributed by atoms with Crippen molar-refractivity contribution < 1.29 is 29.2 Å². The fraction of sp³-hybridized carbons (Fsp3) is 0.667. The van der Waals surface area contributed by atoms with Crippen LogP contribution >= 0.6 is 11.6 Å². The lowest BCUT2D eigenvalue weighted by molar-refractivity contribution is -0.171. The van der Waals surface area contributed by atoms with Crippen LogP contribution in [0, 0.1) is 0 Å². The normalized spacial score (nSPS) is 20.7. The Balaban J connectivity index is 0.000000201. The molecule has 0 spiro atoms. The summed E-state index contributed by atoms with van der Waals surface area (Å²) in [5.74, 6) is -1.67. The molecule has 0 aliphatic carbocycles. The van der Waals surface area contributed by atoms with Gasteiger partial charge < -0.3 is 29.2 Å². The van der Waals surface area contributed by atoms with E-state index in [1.807, 2.05) is 13.0 Å². The van der Waals surface area contributed by atoms with Crippen molar-refractivity contribution >= 4 is 11.6 Å². The van der Waals surface area contributed by atoms with Gasteiger partial charge in [0.1, 0.15) is 18.3 Å². The third-order valence-corrected chi connectivity index (χ3v) is 3.58. The summed E-state index contributed by atoms with van der Waals surface area (Å²) in [5.41, 5.74) is 0.544. The van der Waals surface area contributed by atoms with Gasteiger partial charge in [0.2, 0.25) is 0 Å². The zero-order valence-corrected chi connectivity index (χ0v) is 15.7. The Morgan fingerprint density at radius 3 is 1.88 bits per heavy atom. The molecule has 2 aliphatic rings. The quantitative estimate of drug-likeness (QED) is 0.411. The number of benzene rings is 1. The highest BCUT2D eigenvalue weighted by Crippen LogP contribution is 2.20. The average Bonchev–Trinajstić information content (AvgIpc) is 3.53. The minimum absolute atomic E-state index is 0.303. The molecule has 0 amide bonds. The van der Waals surface area contributed by atoms with Crippen molar-refractivity contribution in [3.63, 3.8) is 0 Å². The summed E-state index contributed by atoms with van der Waals surface area (Å²) in [6, 6.07) is 9.12. The van der Waals surface area contributed by atoms with Crippen molar-refractivity contribution in [3.8, 4) is 0 Å². The molecular formula is C18H29ClO6. The van der Waals surface area contributed by atoms with Gasteiger partial charge in [-0.05, 0) is 6.92 Å². The van der Waals surface area contributed by atoms with Crippen LogP contribution < -0.4 is 0 Å². The van der Waals surface area contributed by atoms with E-state index in [-0.39, 0.29) is 0 Å². The summed E-state index contributed by atoms with van der Waals surface area (Å²) in [4.78, 5) is 0. The van der Waals surface area contributed by atoms with Gasteiger partial charge in [-0.1, -0.05) is 48.9 Å². The van der Waals surface area contributed by atoms with E-state index in [0.717, 1.165) is 26.4 Å². The zero-order chi connectivity index (χ0) is 18.5. The standard InChI is InChI=1S/C9H12O2.C6H10O3.C3H7ClO/c1-2-9(10,11)8-6-4-3-5-7-8;1(5-3-8-5)7-2-6-4-9-6;1-2-5-3-4/h3-7,10-11H,2H2,1H3;5-6H,1-4H2;2-3H2,1H3. The van der Waals surface area contributed by atoms with Crippen molar-refractivity contribution in [1.29, 1.82) is 0 Å². The van der Waals surface area contributed by atoms with E-state index in [2.05, 4.69) is 4.74 Å². The molecule has 144 valence electrons. The molecule has 25 heavy (non-hydrogen) atoms. The van der Waals surface area contributed by atoms with Gasteiger partial charge in [-0.2, -0.15) is 0 Å². The molecule has 3 rings (SSSR count). The molecule has 0 radical (unpaired) electrons. The van der Waals surface area contributed by atoms with E-state index in [1.54, 1.807) is 31.2 Å². The van der Waals surface area contributed by atoms with Gasteiger partial charge in [0.05, 0.1) is 26.4 Å². The number of hydrogen-bond donors (Lipinski definition) is 2. The van der Waals surface area contributed by atoms with E-state index in [9.17, 15) is 10.2 Å². The van der Waals surface area contributed by atoms with Crippen LogP contribution in [-0.4, -0.2) is 61.5 Å². The first-order valence-electron chi connectivity index (χ1n) is 8.48. The first-order chi connectivity index (χ1) is 12.0. The van der Waals surface area contributed by atoms with Gasteiger partial charge in [0, 0.05) is 18.6 Å². The van der Waals surface area contributed by atoms with Crippen molar-refractivity contribution in [2.75, 3.05) is 39.1 Å². The monoisotopic (exact) mass is 376 g/mol. The van der Waals surface area contributed by atoms with Crippen LogP contribution in [0.3, 0.4) is 0 Å². The Bertz CT molecular complexity index is 420. The number of aliphatic hydroxyl groups is 2. The van der Waals surface area contributed by atoms with Crippen LogP contribution in [0.5, 0.6) is 0 Å². The summed E-state index contributed by atoms with van der Waals surface area (Å²) in [7, 11) is 0. The highest BCUT2D eigenvalue weighted by Gasteiger charge is 2.26. The van der Waals surface area contributed by atoms with Crippen LogP contribution in [0.15, 0.2) is 30.3 Å². The molecule has 0 aromatic heterocycles. The van der Waals surface area contributed by atoms with Crippen molar-refractivity contribution in [2.24, 2.45) is 0 Å². The number of alkyl halides is 1. The van der Waals surface area contributed by atoms with Crippen LogP contribution in [0.2, 0.25) is 0 Å². The summed E-state index contributed by atoms with van der Waals surface area (Å²) in [5, 5.41) is 18.7. The fourth-order valence-corrected chi connectivity index (χ4v) is 1.80. The zero-order valence-electron chi connectivity index (χ0n) is 14.9. The predicted octanol–water partition coefficient (Wildman–Crippen LogP) is 2.25. The Kier molecular flexibility index (Phi) is 11.2. The van der Waals surface area contributed by atoms with Gasteiger partial charge in [-0.15, -0.1) is 0 Å². The third-order valence-electron chi connectivity index (χ3n) is 3.42. The van der Waals surface area contributed by atoms with Gasteiger partial charge in [-0.3, -0.25) is 0 Å². The van der Waals surface area contributed by atoms with Crippen molar-refractivity contribution in [3.05, 3.63) is 35.9 Å². The summed E-state index contributed by atoms with van der Waals surface area (Å²) >= 11 is 5.08. The number of epoxide rings is 2. The molecule has 2 fully saturated rings. The molecule has 0 bridgehead atoms.